The van der Waals surface area contributed by atoms with E-state index in [0.29, 0.717) is 5.92 Å². The van der Waals surface area contributed by atoms with Crippen molar-refractivity contribution < 1.29 is 0 Å². The normalized spacial score (nSPS) is 23.5. The topological polar surface area (TPSA) is 12.4 Å². The Morgan fingerprint density at radius 2 is 2.10 bits per heavy atom. The largest absolute Gasteiger partial charge is 0.276 e. The van der Waals surface area contributed by atoms with E-state index >= 15 is 0 Å². The molecule has 1 rings (SSSR count). The van der Waals surface area contributed by atoms with Crippen LogP contribution < -0.4 is 0 Å². The quantitative estimate of drug-likeness (QED) is 0.570. The van der Waals surface area contributed by atoms with Gasteiger partial charge >= 0.3 is 0 Å². The molecule has 0 aromatic rings. The Bertz CT molecular complexity index is 159. The maximum Gasteiger partial charge on any atom is 0.100 e. The molecule has 0 aromatic carbocycles. The molecule has 58 valence electrons. The van der Waals surface area contributed by atoms with Crippen molar-refractivity contribution in [1.29, 1.82) is 0 Å². The van der Waals surface area contributed by atoms with Crippen LogP contribution >= 0.6 is 11.8 Å². The summed E-state index contributed by atoms with van der Waals surface area (Å²) < 4.78 is 0. The Morgan fingerprint density at radius 1 is 1.50 bits per heavy atom. The molecule has 0 bridgehead atoms. The summed E-state index contributed by atoms with van der Waals surface area (Å²) in [5.41, 5.74) is 1.37. The highest BCUT2D eigenvalue weighted by atomic mass is 32.2. The van der Waals surface area contributed by atoms with Gasteiger partial charge in [0.15, 0.2) is 0 Å². The lowest BCUT2D eigenvalue weighted by Gasteiger charge is -2.10. The van der Waals surface area contributed by atoms with E-state index in [-0.39, 0.29) is 4.87 Å². The number of aliphatic imine (C=N–C) groups is 1. The molecular weight excluding hydrogens is 142 g/mol. The maximum absolute atomic E-state index is 4.60. The number of thioether (sulfide) groups is 1. The third kappa shape index (κ3) is 1.75. The fourth-order valence-corrected chi connectivity index (χ4v) is 2.04. The van der Waals surface area contributed by atoms with Crippen LogP contribution in [-0.4, -0.2) is 16.3 Å². The first-order chi connectivity index (χ1) is 4.51. The summed E-state index contributed by atoms with van der Waals surface area (Å²) in [6, 6.07) is 0. The fraction of sp³-hybridized carbons (Fsp3) is 0.875. The van der Waals surface area contributed by atoms with Crippen LogP contribution in [0.5, 0.6) is 0 Å². The number of hydrogen-bond donors (Lipinski definition) is 0. The van der Waals surface area contributed by atoms with Crippen LogP contribution in [0.1, 0.15) is 27.7 Å². The van der Waals surface area contributed by atoms with Crippen LogP contribution in [0.25, 0.3) is 0 Å². The SMILES string of the molecule is CC(C)C1=NC(C)(C)SC1. The van der Waals surface area contributed by atoms with Gasteiger partial charge in [0.05, 0.1) is 0 Å². The molecule has 0 radical (unpaired) electrons. The average Bonchev–Trinajstić information content (AvgIpc) is 2.10. The minimum absolute atomic E-state index is 0.152. The molecule has 2 heteroatoms. The molecule has 1 heterocycles. The van der Waals surface area contributed by atoms with E-state index in [1.807, 2.05) is 11.8 Å². The second-order valence-corrected chi connectivity index (χ2v) is 5.07. The van der Waals surface area contributed by atoms with E-state index in [0.717, 1.165) is 5.75 Å². The lowest BCUT2D eigenvalue weighted by molar-refractivity contribution is 0.756. The van der Waals surface area contributed by atoms with Crippen LogP contribution in [0.4, 0.5) is 0 Å². The zero-order valence-electron chi connectivity index (χ0n) is 7.14. The summed E-state index contributed by atoms with van der Waals surface area (Å²) in [6.45, 7) is 8.77. The summed E-state index contributed by atoms with van der Waals surface area (Å²) in [4.78, 5) is 4.75. The average molecular weight is 157 g/mol. The Morgan fingerprint density at radius 3 is 2.30 bits per heavy atom. The second kappa shape index (κ2) is 2.57. The summed E-state index contributed by atoms with van der Waals surface area (Å²) in [7, 11) is 0. The van der Waals surface area contributed by atoms with Crippen molar-refractivity contribution in [3.8, 4) is 0 Å². The highest BCUT2D eigenvalue weighted by molar-refractivity contribution is 8.01. The van der Waals surface area contributed by atoms with E-state index in [2.05, 4.69) is 32.7 Å². The van der Waals surface area contributed by atoms with Gasteiger partial charge in [0, 0.05) is 11.5 Å². The number of nitrogens with zero attached hydrogens (tertiary/aromatic N) is 1. The maximum atomic E-state index is 4.60. The standard InChI is InChI=1S/C8H15NS/c1-6(2)7-5-10-8(3,4)9-7/h6H,5H2,1-4H3. The zero-order chi connectivity index (χ0) is 7.78. The summed E-state index contributed by atoms with van der Waals surface area (Å²) in [5, 5.41) is 0. The van der Waals surface area contributed by atoms with Crippen molar-refractivity contribution in [2.75, 3.05) is 5.75 Å². The highest BCUT2D eigenvalue weighted by Gasteiger charge is 2.25. The van der Waals surface area contributed by atoms with Gasteiger partial charge in [-0.2, -0.15) is 0 Å². The van der Waals surface area contributed by atoms with Gasteiger partial charge in [0.1, 0.15) is 4.87 Å². The zero-order valence-corrected chi connectivity index (χ0v) is 7.96. The first-order valence-electron chi connectivity index (χ1n) is 3.74. The Kier molecular flexibility index (Phi) is 2.09. The molecule has 0 N–H and O–H groups in total. The lowest BCUT2D eigenvalue weighted by Crippen LogP contribution is -2.08. The molecule has 1 aliphatic heterocycles. The first kappa shape index (κ1) is 8.12. The molecule has 10 heavy (non-hydrogen) atoms. The fourth-order valence-electron chi connectivity index (χ4n) is 0.957. The molecule has 0 aromatic heterocycles. The molecule has 0 spiro atoms. The van der Waals surface area contributed by atoms with Crippen LogP contribution in [0, 0.1) is 5.92 Å². The third-order valence-electron chi connectivity index (χ3n) is 1.65. The van der Waals surface area contributed by atoms with Crippen molar-refractivity contribution >= 4 is 17.5 Å². The number of rotatable bonds is 1. The molecule has 0 saturated carbocycles. The van der Waals surface area contributed by atoms with E-state index in [1.165, 1.54) is 5.71 Å². The minimum atomic E-state index is 0.152. The van der Waals surface area contributed by atoms with Gasteiger partial charge in [-0.05, 0) is 19.8 Å². The minimum Gasteiger partial charge on any atom is -0.276 e. The molecule has 0 aliphatic carbocycles. The molecule has 1 aliphatic rings. The molecule has 0 unspecified atom stereocenters. The predicted octanol–water partition coefficient (Wildman–Crippen LogP) is 2.57. The lowest BCUT2D eigenvalue weighted by atomic mass is 10.1. The Balaban J connectivity index is 2.66. The molecule has 0 atom stereocenters. The van der Waals surface area contributed by atoms with Crippen molar-refractivity contribution in [1.82, 2.24) is 0 Å². The van der Waals surface area contributed by atoms with E-state index in [4.69, 9.17) is 0 Å². The van der Waals surface area contributed by atoms with Gasteiger partial charge in [0.25, 0.3) is 0 Å². The third-order valence-corrected chi connectivity index (χ3v) is 2.89. The van der Waals surface area contributed by atoms with Gasteiger partial charge in [-0.15, -0.1) is 11.8 Å². The van der Waals surface area contributed by atoms with Crippen LogP contribution in [0.3, 0.4) is 0 Å². The highest BCUT2D eigenvalue weighted by Crippen LogP contribution is 2.33. The molecular formula is C8H15NS. The van der Waals surface area contributed by atoms with Crippen LogP contribution in [-0.2, 0) is 0 Å². The van der Waals surface area contributed by atoms with Gasteiger partial charge in [-0.1, -0.05) is 13.8 Å². The van der Waals surface area contributed by atoms with Crippen molar-refractivity contribution in [2.45, 2.75) is 32.6 Å². The Labute approximate surface area is 67.3 Å². The van der Waals surface area contributed by atoms with Crippen molar-refractivity contribution in [3.05, 3.63) is 0 Å². The van der Waals surface area contributed by atoms with Gasteiger partial charge < -0.3 is 0 Å². The summed E-state index contributed by atoms with van der Waals surface area (Å²) in [5.74, 6) is 1.76. The van der Waals surface area contributed by atoms with E-state index < -0.39 is 0 Å². The first-order valence-corrected chi connectivity index (χ1v) is 4.72. The summed E-state index contributed by atoms with van der Waals surface area (Å²) in [6.07, 6.45) is 0. The van der Waals surface area contributed by atoms with E-state index in [9.17, 15) is 0 Å². The van der Waals surface area contributed by atoms with Gasteiger partial charge in [-0.3, -0.25) is 4.99 Å². The summed E-state index contributed by atoms with van der Waals surface area (Å²) >= 11 is 1.93. The van der Waals surface area contributed by atoms with Gasteiger partial charge in [0.2, 0.25) is 0 Å². The molecule has 0 saturated heterocycles. The smallest absolute Gasteiger partial charge is 0.100 e. The predicted molar refractivity (Wildman–Crippen MR) is 48.8 cm³/mol. The van der Waals surface area contributed by atoms with E-state index in [1.54, 1.807) is 0 Å². The second-order valence-electron chi connectivity index (χ2n) is 3.49. The van der Waals surface area contributed by atoms with Gasteiger partial charge in [-0.25, -0.2) is 0 Å². The number of hydrogen-bond acceptors (Lipinski definition) is 2. The van der Waals surface area contributed by atoms with Crippen LogP contribution in [0.15, 0.2) is 4.99 Å². The molecule has 0 amide bonds. The monoisotopic (exact) mass is 157 g/mol. The van der Waals surface area contributed by atoms with Crippen molar-refractivity contribution in [2.24, 2.45) is 10.9 Å². The van der Waals surface area contributed by atoms with Crippen LogP contribution in [0.2, 0.25) is 0 Å². The molecule has 0 fully saturated rings. The molecule has 1 nitrogen and oxygen atoms in total. The van der Waals surface area contributed by atoms with Crippen molar-refractivity contribution in [3.63, 3.8) is 0 Å². The Hall–Kier alpha value is 0.0200.